The second-order valence-corrected chi connectivity index (χ2v) is 6.29. The van der Waals surface area contributed by atoms with Crippen LogP contribution in [0.2, 0.25) is 0 Å². The van der Waals surface area contributed by atoms with E-state index >= 15 is 0 Å². The highest BCUT2D eigenvalue weighted by molar-refractivity contribution is 7.09. The standard InChI is InChI=1S/C14H17N3O2S/c1-14(2,3)12-15-13(20-16-12)17(4)10-7-5-9(6-8-10)11(18)19/h5-8H,1-4H3,(H,18,19). The van der Waals surface area contributed by atoms with E-state index in [0.717, 1.165) is 16.6 Å². The highest BCUT2D eigenvalue weighted by Crippen LogP contribution is 2.29. The van der Waals surface area contributed by atoms with Gasteiger partial charge in [-0.1, -0.05) is 20.8 Å². The molecule has 1 N–H and O–H groups in total. The van der Waals surface area contributed by atoms with Gasteiger partial charge in [-0.3, -0.25) is 0 Å². The Morgan fingerprint density at radius 3 is 2.30 bits per heavy atom. The molecule has 0 atom stereocenters. The number of carboxylic acids is 1. The first-order chi connectivity index (χ1) is 9.29. The van der Waals surface area contributed by atoms with Crippen LogP contribution in [0.4, 0.5) is 10.8 Å². The fourth-order valence-corrected chi connectivity index (χ4v) is 2.43. The number of nitrogens with zero attached hydrogens (tertiary/aromatic N) is 3. The first-order valence-corrected chi connectivity index (χ1v) is 6.97. The molecule has 0 aliphatic carbocycles. The van der Waals surface area contributed by atoms with Gasteiger partial charge in [-0.05, 0) is 24.3 Å². The Morgan fingerprint density at radius 1 is 1.25 bits per heavy atom. The molecule has 0 spiro atoms. The second kappa shape index (κ2) is 5.20. The number of hydrogen-bond acceptors (Lipinski definition) is 5. The van der Waals surface area contributed by atoms with Crippen molar-refractivity contribution in [3.05, 3.63) is 35.7 Å². The van der Waals surface area contributed by atoms with Crippen molar-refractivity contribution in [1.29, 1.82) is 0 Å². The maximum Gasteiger partial charge on any atom is 0.335 e. The Morgan fingerprint density at radius 2 is 1.85 bits per heavy atom. The third-order valence-electron chi connectivity index (χ3n) is 2.87. The van der Waals surface area contributed by atoms with E-state index in [1.807, 2.05) is 11.9 Å². The van der Waals surface area contributed by atoms with Crippen molar-refractivity contribution in [2.24, 2.45) is 0 Å². The van der Waals surface area contributed by atoms with Crippen LogP contribution in [0.25, 0.3) is 0 Å². The summed E-state index contributed by atoms with van der Waals surface area (Å²) >= 11 is 1.34. The summed E-state index contributed by atoms with van der Waals surface area (Å²) in [5.41, 5.74) is 1.07. The van der Waals surface area contributed by atoms with Gasteiger partial charge in [0.1, 0.15) is 5.82 Å². The molecule has 1 aromatic heterocycles. The van der Waals surface area contributed by atoms with Crippen LogP contribution in [-0.4, -0.2) is 27.5 Å². The Balaban J connectivity index is 2.24. The van der Waals surface area contributed by atoms with Gasteiger partial charge in [0.15, 0.2) is 0 Å². The maximum absolute atomic E-state index is 10.8. The summed E-state index contributed by atoms with van der Waals surface area (Å²) in [6.45, 7) is 6.21. The second-order valence-electron chi connectivity index (χ2n) is 5.56. The van der Waals surface area contributed by atoms with E-state index < -0.39 is 5.97 Å². The van der Waals surface area contributed by atoms with Gasteiger partial charge in [-0.15, -0.1) is 0 Å². The van der Waals surface area contributed by atoms with Crippen LogP contribution >= 0.6 is 11.5 Å². The third-order valence-corrected chi connectivity index (χ3v) is 3.67. The molecule has 20 heavy (non-hydrogen) atoms. The number of carbonyl (C=O) groups is 1. The Kier molecular flexibility index (Phi) is 3.76. The first-order valence-electron chi connectivity index (χ1n) is 6.20. The Bertz CT molecular complexity index is 614. The van der Waals surface area contributed by atoms with Crippen molar-refractivity contribution < 1.29 is 9.90 Å². The van der Waals surface area contributed by atoms with Crippen LogP contribution in [-0.2, 0) is 5.41 Å². The lowest BCUT2D eigenvalue weighted by Crippen LogP contribution is -2.14. The molecule has 0 aliphatic heterocycles. The number of anilines is 2. The normalized spacial score (nSPS) is 11.4. The largest absolute Gasteiger partial charge is 0.478 e. The minimum absolute atomic E-state index is 0.0806. The van der Waals surface area contributed by atoms with E-state index in [2.05, 4.69) is 30.1 Å². The smallest absolute Gasteiger partial charge is 0.335 e. The van der Waals surface area contributed by atoms with Gasteiger partial charge in [0.25, 0.3) is 0 Å². The summed E-state index contributed by atoms with van der Waals surface area (Å²) in [5.74, 6) is -0.114. The number of benzene rings is 1. The van der Waals surface area contributed by atoms with E-state index in [4.69, 9.17) is 5.11 Å². The number of aromatic nitrogens is 2. The van der Waals surface area contributed by atoms with E-state index in [0.29, 0.717) is 0 Å². The highest BCUT2D eigenvalue weighted by atomic mass is 32.1. The first kappa shape index (κ1) is 14.5. The molecule has 6 heteroatoms. The lowest BCUT2D eigenvalue weighted by Gasteiger charge is -2.16. The number of hydrogen-bond donors (Lipinski definition) is 1. The summed E-state index contributed by atoms with van der Waals surface area (Å²) in [6, 6.07) is 6.70. The van der Waals surface area contributed by atoms with Crippen molar-refractivity contribution in [1.82, 2.24) is 9.36 Å². The zero-order chi connectivity index (χ0) is 14.9. The van der Waals surface area contributed by atoms with Gasteiger partial charge >= 0.3 is 5.97 Å². The monoisotopic (exact) mass is 291 g/mol. The highest BCUT2D eigenvalue weighted by Gasteiger charge is 2.21. The molecule has 1 heterocycles. The van der Waals surface area contributed by atoms with Gasteiger partial charge in [0.2, 0.25) is 5.13 Å². The van der Waals surface area contributed by atoms with E-state index in [-0.39, 0.29) is 11.0 Å². The summed E-state index contributed by atoms with van der Waals surface area (Å²) < 4.78 is 4.37. The molecule has 0 fully saturated rings. The third kappa shape index (κ3) is 2.96. The fourth-order valence-electron chi connectivity index (χ4n) is 1.59. The van der Waals surface area contributed by atoms with Crippen LogP contribution in [0.5, 0.6) is 0 Å². The molecule has 5 nitrogen and oxygen atoms in total. The molecular weight excluding hydrogens is 274 g/mol. The molecule has 1 aromatic carbocycles. The lowest BCUT2D eigenvalue weighted by molar-refractivity contribution is 0.0697. The molecule has 0 saturated carbocycles. The molecule has 0 radical (unpaired) electrons. The van der Waals surface area contributed by atoms with Gasteiger partial charge in [0, 0.05) is 29.7 Å². The van der Waals surface area contributed by atoms with E-state index in [1.165, 1.54) is 11.5 Å². The average molecular weight is 291 g/mol. The van der Waals surface area contributed by atoms with E-state index in [9.17, 15) is 4.79 Å². The number of aromatic carboxylic acids is 1. The zero-order valence-corrected chi connectivity index (χ0v) is 12.7. The zero-order valence-electron chi connectivity index (χ0n) is 11.9. The topological polar surface area (TPSA) is 66.3 Å². The Hall–Kier alpha value is -1.95. The molecule has 0 saturated heterocycles. The van der Waals surface area contributed by atoms with Gasteiger partial charge in [-0.25, -0.2) is 9.78 Å². The predicted octanol–water partition coefficient (Wildman–Crippen LogP) is 3.30. The molecule has 0 aliphatic rings. The van der Waals surface area contributed by atoms with Crippen molar-refractivity contribution >= 4 is 28.3 Å². The van der Waals surface area contributed by atoms with Crippen molar-refractivity contribution in [3.8, 4) is 0 Å². The number of carboxylic acid groups (broad SMARTS) is 1. The molecular formula is C14H17N3O2S. The number of rotatable bonds is 3. The van der Waals surface area contributed by atoms with Crippen LogP contribution in [0.3, 0.4) is 0 Å². The van der Waals surface area contributed by atoms with Gasteiger partial charge in [0.05, 0.1) is 5.56 Å². The minimum atomic E-state index is -0.926. The van der Waals surface area contributed by atoms with Crippen LogP contribution in [0, 0.1) is 0 Å². The summed E-state index contributed by atoms with van der Waals surface area (Å²) in [4.78, 5) is 17.3. The predicted molar refractivity (Wildman–Crippen MR) is 80.1 cm³/mol. The van der Waals surface area contributed by atoms with Crippen molar-refractivity contribution in [2.75, 3.05) is 11.9 Å². The SMILES string of the molecule is CN(c1ccc(C(=O)O)cc1)c1nc(C(C)(C)C)ns1. The summed E-state index contributed by atoms with van der Waals surface area (Å²) in [7, 11) is 1.89. The van der Waals surface area contributed by atoms with Crippen molar-refractivity contribution in [3.63, 3.8) is 0 Å². The van der Waals surface area contributed by atoms with Crippen molar-refractivity contribution in [2.45, 2.75) is 26.2 Å². The van der Waals surface area contributed by atoms with Crippen LogP contribution < -0.4 is 4.90 Å². The molecule has 0 amide bonds. The molecule has 2 aromatic rings. The average Bonchev–Trinajstić information content (AvgIpc) is 2.87. The van der Waals surface area contributed by atoms with E-state index in [1.54, 1.807) is 24.3 Å². The van der Waals surface area contributed by atoms with Crippen LogP contribution in [0.15, 0.2) is 24.3 Å². The lowest BCUT2D eigenvalue weighted by atomic mass is 9.96. The van der Waals surface area contributed by atoms with Gasteiger partial charge < -0.3 is 10.0 Å². The maximum atomic E-state index is 10.8. The van der Waals surface area contributed by atoms with Crippen LogP contribution in [0.1, 0.15) is 37.0 Å². The van der Waals surface area contributed by atoms with Gasteiger partial charge in [-0.2, -0.15) is 4.37 Å². The quantitative estimate of drug-likeness (QED) is 0.939. The minimum Gasteiger partial charge on any atom is -0.478 e. The fraction of sp³-hybridized carbons (Fsp3) is 0.357. The Labute approximate surface area is 122 Å². The molecule has 2 rings (SSSR count). The molecule has 106 valence electrons. The summed E-state index contributed by atoms with van der Waals surface area (Å²) in [5, 5.41) is 9.68. The molecule has 0 bridgehead atoms. The molecule has 0 unspecified atom stereocenters. The summed E-state index contributed by atoms with van der Waals surface area (Å²) in [6.07, 6.45) is 0.